The van der Waals surface area contributed by atoms with Crippen LogP contribution < -0.4 is 5.73 Å². The van der Waals surface area contributed by atoms with Crippen LogP contribution in [-0.4, -0.2) is 42.8 Å². The number of imidazole rings is 1. The summed E-state index contributed by atoms with van der Waals surface area (Å²) < 4.78 is 32.1. The number of fused-ring (bicyclic) bond motifs is 1. The molecule has 2 N–H and O–H groups in total. The van der Waals surface area contributed by atoms with Gasteiger partial charge >= 0.3 is 0 Å². The van der Waals surface area contributed by atoms with Crippen LogP contribution in [0, 0.1) is 6.85 Å². The maximum Gasteiger partial charge on any atom is 0.192 e. The van der Waals surface area contributed by atoms with E-state index >= 15 is 0 Å². The molecule has 5 aromatic rings. The van der Waals surface area contributed by atoms with Crippen molar-refractivity contribution in [3.8, 4) is 28.5 Å². The first-order valence-electron chi connectivity index (χ1n) is 13.9. The molecule has 0 spiro atoms. The van der Waals surface area contributed by atoms with Crippen molar-refractivity contribution in [2.24, 2.45) is 7.05 Å². The molecule has 0 bridgehead atoms. The Morgan fingerprint density at radius 1 is 1.03 bits per heavy atom. The summed E-state index contributed by atoms with van der Waals surface area (Å²) in [6.07, 6.45) is 1.63. The lowest BCUT2D eigenvalue weighted by atomic mass is 10.2. The summed E-state index contributed by atoms with van der Waals surface area (Å²) in [4.78, 5) is 15.2. The van der Waals surface area contributed by atoms with Crippen molar-refractivity contribution in [1.29, 1.82) is 0 Å². The molecule has 0 saturated heterocycles. The largest absolute Gasteiger partial charge is 0.413 e. The lowest BCUT2D eigenvalue weighted by Crippen LogP contribution is -2.40. The fourth-order valence-corrected chi connectivity index (χ4v) is 4.88. The summed E-state index contributed by atoms with van der Waals surface area (Å²) in [6.45, 7) is 9.22. The molecular weight excluding hydrogens is 492 g/mol. The Morgan fingerprint density at radius 3 is 2.47 bits per heavy atom. The van der Waals surface area contributed by atoms with Gasteiger partial charge in [0.15, 0.2) is 19.8 Å². The van der Waals surface area contributed by atoms with Crippen molar-refractivity contribution in [1.82, 2.24) is 34.5 Å². The molecule has 10 heteroatoms. The van der Waals surface area contributed by atoms with Crippen LogP contribution in [0.1, 0.15) is 36.1 Å². The highest BCUT2D eigenvalue weighted by Gasteiger charge is 2.37. The van der Waals surface area contributed by atoms with Crippen LogP contribution in [-0.2, 0) is 18.1 Å². The van der Waals surface area contributed by atoms with E-state index < -0.39 is 15.2 Å². The number of nitrogen functional groups attached to an aromatic ring is 1. The molecule has 4 heterocycles. The van der Waals surface area contributed by atoms with Gasteiger partial charge in [0, 0.05) is 23.0 Å². The first-order valence-corrected chi connectivity index (χ1v) is 15.3. The Labute approximate surface area is 228 Å². The van der Waals surface area contributed by atoms with E-state index in [0.29, 0.717) is 40.7 Å². The van der Waals surface area contributed by atoms with Gasteiger partial charge in [0.05, 0.1) is 23.6 Å². The van der Waals surface area contributed by atoms with E-state index in [2.05, 4.69) is 49.0 Å². The molecule has 0 saturated carbocycles. The predicted molar refractivity (Wildman–Crippen MR) is 153 cm³/mol. The molecule has 0 fully saturated rings. The number of aromatic nitrogens is 7. The summed E-state index contributed by atoms with van der Waals surface area (Å²) in [5.41, 5.74) is 10.4. The summed E-state index contributed by atoms with van der Waals surface area (Å²) in [7, 11) is -0.319. The van der Waals surface area contributed by atoms with Gasteiger partial charge in [-0.3, -0.25) is 4.57 Å². The Morgan fingerprint density at radius 2 is 1.79 bits per heavy atom. The van der Waals surface area contributed by atoms with Gasteiger partial charge in [0.2, 0.25) is 0 Å². The molecule has 0 aliphatic carbocycles. The zero-order valence-electron chi connectivity index (χ0n) is 25.5. The highest BCUT2D eigenvalue weighted by atomic mass is 28.4. The second-order valence-corrected chi connectivity index (χ2v) is 15.7. The zero-order valence-corrected chi connectivity index (χ0v) is 23.5. The number of benzene rings is 1. The minimum atomic E-state index is -2.45. The second kappa shape index (κ2) is 9.45. The van der Waals surface area contributed by atoms with Crippen LogP contribution >= 0.6 is 0 Å². The van der Waals surface area contributed by atoms with Gasteiger partial charge in [0.25, 0.3) is 0 Å². The molecule has 0 radical (unpaired) electrons. The van der Waals surface area contributed by atoms with Crippen LogP contribution in [0.15, 0.2) is 54.7 Å². The highest BCUT2D eigenvalue weighted by molar-refractivity contribution is 6.74. The van der Waals surface area contributed by atoms with Crippen LogP contribution in [0.2, 0.25) is 18.1 Å². The Hall–Kier alpha value is -3.89. The molecule has 1 aromatic carbocycles. The summed E-state index contributed by atoms with van der Waals surface area (Å²) >= 11 is 0. The third-order valence-corrected chi connectivity index (χ3v) is 11.6. The van der Waals surface area contributed by atoms with Gasteiger partial charge in [-0.15, -0.1) is 0 Å². The van der Waals surface area contributed by atoms with Gasteiger partial charge in [-0.05, 0) is 66.9 Å². The van der Waals surface area contributed by atoms with E-state index in [9.17, 15) is 0 Å². The number of hydrogen-bond acceptors (Lipinski definition) is 7. The minimum Gasteiger partial charge on any atom is -0.413 e. The van der Waals surface area contributed by atoms with Gasteiger partial charge in [-0.1, -0.05) is 32.9 Å². The van der Waals surface area contributed by atoms with E-state index in [0.717, 1.165) is 11.3 Å². The molecule has 0 aliphatic rings. The molecule has 5 rings (SSSR count). The molecule has 9 nitrogen and oxygen atoms in total. The topological polar surface area (TPSA) is 110 Å². The van der Waals surface area contributed by atoms with Crippen LogP contribution in [0.3, 0.4) is 0 Å². The first-order chi connectivity index (χ1) is 19.2. The zero-order chi connectivity index (χ0) is 29.7. The van der Waals surface area contributed by atoms with Gasteiger partial charge in [-0.25, -0.2) is 15.0 Å². The first kappa shape index (κ1) is 22.1. The summed E-state index contributed by atoms with van der Waals surface area (Å²) in [5.74, 6) is 0.901. The maximum absolute atomic E-state index is 7.93. The lowest BCUT2D eigenvalue weighted by molar-refractivity contribution is 0.276. The van der Waals surface area contributed by atoms with E-state index in [4.69, 9.17) is 24.2 Å². The summed E-state index contributed by atoms with van der Waals surface area (Å²) in [5, 5.41) is 8.53. The van der Waals surface area contributed by atoms with Crippen molar-refractivity contribution < 1.29 is 8.54 Å². The summed E-state index contributed by atoms with van der Waals surface area (Å²) in [6, 6.07) is 15.2. The van der Waals surface area contributed by atoms with Crippen molar-refractivity contribution in [2.45, 2.75) is 52.4 Å². The average Bonchev–Trinajstić information content (AvgIpc) is 3.48. The Bertz CT molecular complexity index is 1720. The smallest absolute Gasteiger partial charge is 0.192 e. The molecule has 4 aromatic heterocycles. The van der Waals surface area contributed by atoms with E-state index in [1.807, 2.05) is 34.9 Å². The normalized spacial score (nSPS) is 13.9. The van der Waals surface area contributed by atoms with Crippen molar-refractivity contribution in [3.63, 3.8) is 0 Å². The number of anilines is 1. The highest BCUT2D eigenvalue weighted by Crippen LogP contribution is 2.37. The second-order valence-electron chi connectivity index (χ2n) is 10.8. The Kier molecular flexibility index (Phi) is 5.50. The van der Waals surface area contributed by atoms with Crippen molar-refractivity contribution in [3.05, 3.63) is 66.0 Å². The van der Waals surface area contributed by atoms with E-state index in [1.54, 1.807) is 31.4 Å². The number of aryl methyl sites for hydroxylation is 2. The number of pyridine rings is 2. The number of nitrogens with zero attached hydrogens (tertiary/aromatic N) is 7. The van der Waals surface area contributed by atoms with E-state index in [1.165, 1.54) is 4.80 Å². The molecule has 0 unspecified atom stereocenters. The monoisotopic (exact) mass is 529 g/mol. The van der Waals surface area contributed by atoms with Crippen molar-refractivity contribution >= 4 is 25.3 Å². The van der Waals surface area contributed by atoms with Crippen molar-refractivity contribution in [2.75, 3.05) is 5.73 Å². The standard InChI is InChI=1S/C28H34N8OSi/c1-18-24(34-35(5)33-18)22-14-15-23-27(31-22)36(26(32-23)21-9-8-16-30-25(21)29)20-12-10-19(11-13-20)17-37-38(6,7)28(2,3)4/h8-16H,17H2,1-7H3,(H2,29,30)/i1D3. The molecule has 0 atom stereocenters. The van der Waals surface area contributed by atoms with Gasteiger partial charge in [0.1, 0.15) is 17.0 Å². The maximum atomic E-state index is 7.93. The minimum absolute atomic E-state index is 0.110. The van der Waals surface area contributed by atoms with Gasteiger partial charge < -0.3 is 10.2 Å². The third-order valence-electron chi connectivity index (χ3n) is 7.14. The molecular formula is C28H34N8OSi. The number of nitrogens with two attached hydrogens (primary N) is 1. The predicted octanol–water partition coefficient (Wildman–Crippen LogP) is 5.69. The quantitative estimate of drug-likeness (QED) is 0.281. The van der Waals surface area contributed by atoms with E-state index in [-0.39, 0.29) is 16.4 Å². The van der Waals surface area contributed by atoms with Gasteiger partial charge in [-0.2, -0.15) is 15.0 Å². The van der Waals surface area contributed by atoms with Crippen LogP contribution in [0.4, 0.5) is 5.82 Å². The fourth-order valence-electron chi connectivity index (χ4n) is 3.92. The lowest BCUT2D eigenvalue weighted by Gasteiger charge is -2.36. The SMILES string of the molecule is [2H]C([2H])([2H])c1nn(C)nc1-c1ccc2nc(-c3cccnc3N)n(-c3ccc(CO[Si](C)(C)C(C)(C)C)cc3)c2n1. The van der Waals surface area contributed by atoms with Crippen LogP contribution in [0.5, 0.6) is 0 Å². The molecule has 196 valence electrons. The third kappa shape index (κ3) is 4.72. The molecule has 38 heavy (non-hydrogen) atoms. The number of rotatable bonds is 6. The number of hydrogen-bond donors (Lipinski definition) is 1. The Balaban J connectivity index is 1.63. The average molecular weight is 530 g/mol. The molecule has 0 aliphatic heterocycles. The van der Waals surface area contributed by atoms with Crippen LogP contribution in [0.25, 0.3) is 39.6 Å². The fraction of sp³-hybridized carbons (Fsp3) is 0.321. The molecule has 0 amide bonds.